The van der Waals surface area contributed by atoms with E-state index in [2.05, 4.69) is 36.1 Å². The Morgan fingerprint density at radius 1 is 1.24 bits per heavy atom. The Bertz CT molecular complexity index is 746. The van der Waals surface area contributed by atoms with Crippen LogP contribution in [0.25, 0.3) is 0 Å². The van der Waals surface area contributed by atoms with Gasteiger partial charge in [0.15, 0.2) is 0 Å². The summed E-state index contributed by atoms with van der Waals surface area (Å²) in [5, 5.41) is 13.1. The Hall–Kier alpha value is -2.27. The fourth-order valence-electron chi connectivity index (χ4n) is 2.64. The third-order valence-electron chi connectivity index (χ3n) is 4.47. The normalized spacial score (nSPS) is 15.7. The molecule has 0 radical (unpaired) electrons. The highest BCUT2D eigenvalue weighted by atomic mass is 16.3. The lowest BCUT2D eigenvalue weighted by Gasteiger charge is -2.20. The smallest absolute Gasteiger partial charge is 0.270 e. The van der Waals surface area contributed by atoms with Crippen LogP contribution in [0.1, 0.15) is 73.1 Å². The molecule has 0 aliphatic heterocycles. The monoisotopic (exact) mass is 339 g/mol. The molecule has 3 rings (SSSR count). The molecule has 5 heteroatoms. The molecule has 1 aromatic carbocycles. The summed E-state index contributed by atoms with van der Waals surface area (Å²) in [5.41, 5.74) is 2.42. The molecule has 132 valence electrons. The minimum atomic E-state index is -0.747. The van der Waals surface area contributed by atoms with Crippen LogP contribution in [0.4, 0.5) is 0 Å². The Balaban J connectivity index is 1.59. The molecule has 0 bridgehead atoms. The number of carbonyl (C=O) groups is 1. The molecule has 25 heavy (non-hydrogen) atoms. The standard InChI is InChI=1S/C20H25N3O2/c1-20(2,3)15-8-6-13(7-9-15)17(24)12-22-19(25)16-10-11-21-18(23-16)14-4-5-14/h6-11,14,17,24H,4-5,12H2,1-3H3,(H,22,25). The molecule has 0 saturated heterocycles. The lowest BCUT2D eigenvalue weighted by atomic mass is 9.86. The Morgan fingerprint density at radius 2 is 1.92 bits per heavy atom. The minimum absolute atomic E-state index is 0.0734. The van der Waals surface area contributed by atoms with E-state index in [9.17, 15) is 9.90 Å². The van der Waals surface area contributed by atoms with Gasteiger partial charge in [-0.05, 0) is 35.4 Å². The summed E-state index contributed by atoms with van der Waals surface area (Å²) in [4.78, 5) is 20.8. The van der Waals surface area contributed by atoms with Crippen LogP contribution < -0.4 is 5.32 Å². The molecule has 1 aliphatic carbocycles. The van der Waals surface area contributed by atoms with Gasteiger partial charge in [0.05, 0.1) is 6.10 Å². The maximum absolute atomic E-state index is 12.2. The quantitative estimate of drug-likeness (QED) is 0.878. The molecule has 1 aliphatic rings. The number of hydrogen-bond donors (Lipinski definition) is 2. The molecule has 1 saturated carbocycles. The van der Waals surface area contributed by atoms with Crippen molar-refractivity contribution in [1.82, 2.24) is 15.3 Å². The van der Waals surface area contributed by atoms with E-state index < -0.39 is 6.10 Å². The van der Waals surface area contributed by atoms with Crippen molar-refractivity contribution >= 4 is 5.91 Å². The van der Waals surface area contributed by atoms with Gasteiger partial charge in [0.25, 0.3) is 5.91 Å². The molecule has 1 fully saturated rings. The van der Waals surface area contributed by atoms with Gasteiger partial charge in [-0.25, -0.2) is 9.97 Å². The van der Waals surface area contributed by atoms with Crippen molar-refractivity contribution in [2.24, 2.45) is 0 Å². The largest absolute Gasteiger partial charge is 0.387 e. The summed E-state index contributed by atoms with van der Waals surface area (Å²) in [5.74, 6) is 0.861. The van der Waals surface area contributed by atoms with Crippen molar-refractivity contribution in [2.75, 3.05) is 6.54 Å². The van der Waals surface area contributed by atoms with E-state index in [4.69, 9.17) is 0 Å². The number of benzene rings is 1. The van der Waals surface area contributed by atoms with E-state index in [-0.39, 0.29) is 17.9 Å². The van der Waals surface area contributed by atoms with Crippen LogP contribution in [-0.2, 0) is 5.41 Å². The first-order valence-electron chi connectivity index (χ1n) is 8.74. The molecule has 1 unspecified atom stereocenters. The summed E-state index contributed by atoms with van der Waals surface area (Å²) < 4.78 is 0. The van der Waals surface area contributed by atoms with Crippen molar-refractivity contribution < 1.29 is 9.90 Å². The average Bonchev–Trinajstić information content (AvgIpc) is 3.44. The van der Waals surface area contributed by atoms with Crippen LogP contribution >= 0.6 is 0 Å². The van der Waals surface area contributed by atoms with Gasteiger partial charge >= 0.3 is 0 Å². The molecule has 0 spiro atoms. The SMILES string of the molecule is CC(C)(C)c1ccc(C(O)CNC(=O)c2ccnc(C3CC3)n2)cc1. The van der Waals surface area contributed by atoms with Crippen LogP contribution in [0.5, 0.6) is 0 Å². The Morgan fingerprint density at radius 3 is 2.52 bits per heavy atom. The molecular formula is C20H25N3O2. The number of carbonyl (C=O) groups excluding carboxylic acids is 1. The van der Waals surface area contributed by atoms with Crippen LogP contribution in [0.2, 0.25) is 0 Å². The predicted molar refractivity (Wildman–Crippen MR) is 96.4 cm³/mol. The number of amides is 1. The van der Waals surface area contributed by atoms with Crippen LogP contribution in [0, 0.1) is 0 Å². The second-order valence-corrected chi connectivity index (χ2v) is 7.67. The first-order valence-corrected chi connectivity index (χ1v) is 8.74. The lowest BCUT2D eigenvalue weighted by molar-refractivity contribution is 0.0911. The van der Waals surface area contributed by atoms with Crippen molar-refractivity contribution in [3.05, 3.63) is 59.2 Å². The highest BCUT2D eigenvalue weighted by molar-refractivity contribution is 5.92. The maximum Gasteiger partial charge on any atom is 0.270 e. The Kier molecular flexibility index (Phi) is 4.86. The third kappa shape index (κ3) is 4.42. The average molecular weight is 339 g/mol. The van der Waals surface area contributed by atoms with Gasteiger partial charge < -0.3 is 10.4 Å². The molecule has 2 aromatic rings. The third-order valence-corrected chi connectivity index (χ3v) is 4.47. The molecule has 1 atom stereocenters. The molecule has 1 aromatic heterocycles. The topological polar surface area (TPSA) is 75.1 Å². The number of nitrogens with zero attached hydrogens (tertiary/aromatic N) is 2. The van der Waals surface area contributed by atoms with Gasteiger partial charge in [-0.2, -0.15) is 0 Å². The fourth-order valence-corrected chi connectivity index (χ4v) is 2.64. The van der Waals surface area contributed by atoms with Gasteiger partial charge in [0, 0.05) is 18.7 Å². The maximum atomic E-state index is 12.2. The van der Waals surface area contributed by atoms with E-state index in [1.165, 1.54) is 5.56 Å². The van der Waals surface area contributed by atoms with Gasteiger partial charge in [0.1, 0.15) is 11.5 Å². The lowest BCUT2D eigenvalue weighted by Crippen LogP contribution is -2.29. The summed E-state index contributed by atoms with van der Waals surface area (Å²) in [6.07, 6.45) is 3.06. The van der Waals surface area contributed by atoms with Gasteiger partial charge in [-0.15, -0.1) is 0 Å². The van der Waals surface area contributed by atoms with Gasteiger partial charge in [0.2, 0.25) is 0 Å². The minimum Gasteiger partial charge on any atom is -0.387 e. The van der Waals surface area contributed by atoms with E-state index in [1.807, 2.05) is 24.3 Å². The van der Waals surface area contributed by atoms with Crippen LogP contribution in [0.3, 0.4) is 0 Å². The summed E-state index contributed by atoms with van der Waals surface area (Å²) >= 11 is 0. The van der Waals surface area contributed by atoms with E-state index in [1.54, 1.807) is 12.3 Å². The number of aliphatic hydroxyl groups excluding tert-OH is 1. The number of nitrogens with one attached hydrogen (secondary N) is 1. The van der Waals surface area contributed by atoms with Crippen LogP contribution in [-0.4, -0.2) is 27.5 Å². The molecule has 5 nitrogen and oxygen atoms in total. The first kappa shape index (κ1) is 17.5. The van der Waals surface area contributed by atoms with Crippen molar-refractivity contribution in [3.63, 3.8) is 0 Å². The Labute approximate surface area is 148 Å². The summed E-state index contributed by atoms with van der Waals surface area (Å²) in [6.45, 7) is 6.60. The van der Waals surface area contributed by atoms with E-state index in [0.29, 0.717) is 11.6 Å². The second kappa shape index (κ2) is 6.92. The van der Waals surface area contributed by atoms with E-state index >= 15 is 0 Å². The molecule has 1 heterocycles. The van der Waals surface area contributed by atoms with Crippen molar-refractivity contribution in [2.45, 2.75) is 51.0 Å². The van der Waals surface area contributed by atoms with Crippen molar-refractivity contribution in [1.29, 1.82) is 0 Å². The second-order valence-electron chi connectivity index (χ2n) is 7.67. The number of rotatable bonds is 5. The predicted octanol–water partition coefficient (Wildman–Crippen LogP) is 3.11. The highest BCUT2D eigenvalue weighted by Gasteiger charge is 2.27. The fraction of sp³-hybridized carbons (Fsp3) is 0.450. The van der Waals surface area contributed by atoms with Crippen LogP contribution in [0.15, 0.2) is 36.5 Å². The number of aromatic nitrogens is 2. The van der Waals surface area contributed by atoms with E-state index in [0.717, 1.165) is 24.2 Å². The first-order chi connectivity index (χ1) is 11.8. The highest BCUT2D eigenvalue weighted by Crippen LogP contribution is 2.37. The van der Waals surface area contributed by atoms with Gasteiger partial charge in [-0.3, -0.25) is 4.79 Å². The number of hydrogen-bond acceptors (Lipinski definition) is 4. The zero-order valence-corrected chi connectivity index (χ0v) is 15.0. The zero-order chi connectivity index (χ0) is 18.0. The summed E-state index contributed by atoms with van der Waals surface area (Å²) in [7, 11) is 0. The molecule has 2 N–H and O–H groups in total. The van der Waals surface area contributed by atoms with Gasteiger partial charge in [-0.1, -0.05) is 45.0 Å². The zero-order valence-electron chi connectivity index (χ0n) is 15.0. The molecular weight excluding hydrogens is 314 g/mol. The summed E-state index contributed by atoms with van der Waals surface area (Å²) in [6, 6.07) is 9.46. The van der Waals surface area contributed by atoms with Crippen molar-refractivity contribution in [3.8, 4) is 0 Å². The molecule has 1 amide bonds. The number of aliphatic hydroxyl groups is 1.